The number of rotatable bonds is 16. The van der Waals surface area contributed by atoms with E-state index in [2.05, 4.69) is 38.5 Å². The monoisotopic (exact) mass is 542 g/mol. The van der Waals surface area contributed by atoms with Crippen molar-refractivity contribution in [3.05, 3.63) is 0 Å². The van der Waals surface area contributed by atoms with Gasteiger partial charge in [-0.2, -0.15) is 0 Å². The van der Waals surface area contributed by atoms with E-state index in [4.69, 9.17) is 5.11 Å². The zero-order chi connectivity index (χ0) is 28.8. The SMILES string of the molecule is CC(O)C(=O)OC(OC(=O)CCC(=O)OC(OC(=O)C(C)O)(C(=O)OOC=O)C(C)O)C(=O)OOC=O. The lowest BCUT2D eigenvalue weighted by Gasteiger charge is -2.31. The van der Waals surface area contributed by atoms with Gasteiger partial charge in [-0.1, -0.05) is 0 Å². The lowest BCUT2D eigenvalue weighted by Crippen LogP contribution is -2.57. The number of carbonyl (C=O) groups is 8. The van der Waals surface area contributed by atoms with E-state index in [-0.39, 0.29) is 6.47 Å². The van der Waals surface area contributed by atoms with E-state index in [1.807, 2.05) is 0 Å². The van der Waals surface area contributed by atoms with Crippen LogP contribution in [0.5, 0.6) is 0 Å². The van der Waals surface area contributed by atoms with E-state index >= 15 is 0 Å². The number of esters is 4. The molecule has 19 heteroatoms. The summed E-state index contributed by atoms with van der Waals surface area (Å²) in [4.78, 5) is 107. The lowest BCUT2D eigenvalue weighted by atomic mass is 10.1. The number of hydrogen-bond acceptors (Lipinski definition) is 19. The molecule has 0 spiro atoms. The maximum Gasteiger partial charge on any atom is 0.442 e. The Hall–Kier alpha value is -4.36. The van der Waals surface area contributed by atoms with Crippen molar-refractivity contribution in [2.45, 2.75) is 64.0 Å². The van der Waals surface area contributed by atoms with Crippen LogP contribution < -0.4 is 0 Å². The molecule has 19 nitrogen and oxygen atoms in total. The van der Waals surface area contributed by atoms with Gasteiger partial charge in [-0.25, -0.2) is 29.0 Å². The van der Waals surface area contributed by atoms with Crippen molar-refractivity contribution in [1.29, 1.82) is 0 Å². The number of carbonyl (C=O) groups excluding carboxylic acids is 8. The van der Waals surface area contributed by atoms with E-state index in [9.17, 15) is 48.6 Å². The lowest BCUT2D eigenvalue weighted by molar-refractivity contribution is -0.303. The molecule has 0 aliphatic rings. The van der Waals surface area contributed by atoms with Crippen LogP contribution in [0.15, 0.2) is 0 Å². The molecule has 0 aromatic heterocycles. The normalized spacial score (nSPS) is 15.1. The average molecular weight is 542 g/mol. The summed E-state index contributed by atoms with van der Waals surface area (Å²) in [7, 11) is 0. The van der Waals surface area contributed by atoms with Crippen LogP contribution in [0.3, 0.4) is 0 Å². The fraction of sp³-hybridized carbons (Fsp3) is 0.556. The highest BCUT2D eigenvalue weighted by Gasteiger charge is 2.55. The molecule has 5 unspecified atom stereocenters. The Balaban J connectivity index is 5.52. The van der Waals surface area contributed by atoms with Crippen LogP contribution >= 0.6 is 0 Å². The first-order valence-electron chi connectivity index (χ1n) is 9.72. The first-order chi connectivity index (χ1) is 17.2. The molecule has 37 heavy (non-hydrogen) atoms. The fourth-order valence-corrected chi connectivity index (χ4v) is 1.83. The van der Waals surface area contributed by atoms with Gasteiger partial charge in [0.25, 0.3) is 0 Å². The van der Waals surface area contributed by atoms with Gasteiger partial charge in [0.15, 0.2) is 0 Å². The first-order valence-corrected chi connectivity index (χ1v) is 9.72. The quantitative estimate of drug-likeness (QED) is 0.0557. The van der Waals surface area contributed by atoms with Crippen molar-refractivity contribution in [3.8, 4) is 0 Å². The van der Waals surface area contributed by atoms with E-state index in [1.165, 1.54) is 0 Å². The summed E-state index contributed by atoms with van der Waals surface area (Å²) in [6.45, 7) is 1.83. The molecular formula is C18H22O19. The highest BCUT2D eigenvalue weighted by atomic mass is 17.2. The highest BCUT2D eigenvalue weighted by molar-refractivity contribution is 5.87. The summed E-state index contributed by atoms with van der Waals surface area (Å²) in [5, 5.41) is 28.4. The third-order valence-corrected chi connectivity index (χ3v) is 3.55. The van der Waals surface area contributed by atoms with Crippen LogP contribution in [0.2, 0.25) is 0 Å². The van der Waals surface area contributed by atoms with Crippen molar-refractivity contribution >= 4 is 48.8 Å². The Morgan fingerprint density at radius 1 is 0.703 bits per heavy atom. The van der Waals surface area contributed by atoms with E-state index in [1.54, 1.807) is 0 Å². The standard InChI is InChI=1S/C18H22O19/c1-8(21)13(26)33-16(15(28)36-30-6-19)32-11(24)4-5-12(25)34-18(10(3)23,17(29)37-31-7-20)35-14(27)9(2)22/h6-10,16,21-23H,4-5H2,1-3H3. The first kappa shape index (κ1) is 32.6. The second kappa shape index (κ2) is 15.6. The topological polar surface area (TPSA) is 271 Å². The van der Waals surface area contributed by atoms with Gasteiger partial charge in [-0.3, -0.25) is 29.0 Å². The van der Waals surface area contributed by atoms with Gasteiger partial charge < -0.3 is 34.3 Å². The summed E-state index contributed by atoms with van der Waals surface area (Å²) in [6.07, 6.45) is -10.4. The minimum Gasteiger partial charge on any atom is -0.414 e. The summed E-state index contributed by atoms with van der Waals surface area (Å²) in [6, 6.07) is 0. The van der Waals surface area contributed by atoms with Gasteiger partial charge in [0.2, 0.25) is 0 Å². The van der Waals surface area contributed by atoms with Crippen LogP contribution in [0.1, 0.15) is 33.6 Å². The molecule has 208 valence electrons. The van der Waals surface area contributed by atoms with Gasteiger partial charge in [-0.05, 0) is 20.8 Å². The van der Waals surface area contributed by atoms with Crippen LogP contribution in [-0.2, 0) is 76.9 Å². The second-order valence-corrected chi connectivity index (χ2v) is 6.51. The van der Waals surface area contributed by atoms with Gasteiger partial charge in [0, 0.05) is 0 Å². The van der Waals surface area contributed by atoms with Gasteiger partial charge in [-0.15, -0.1) is 0 Å². The van der Waals surface area contributed by atoms with Gasteiger partial charge >= 0.3 is 60.8 Å². The predicted octanol–water partition coefficient (Wildman–Crippen LogP) is -3.63. The molecule has 0 aliphatic heterocycles. The molecule has 0 bridgehead atoms. The zero-order valence-electron chi connectivity index (χ0n) is 19.3. The maximum atomic E-state index is 12.2. The molecule has 0 radical (unpaired) electrons. The zero-order valence-corrected chi connectivity index (χ0v) is 19.3. The summed E-state index contributed by atoms with van der Waals surface area (Å²) >= 11 is 0. The number of aliphatic hydroxyl groups excluding tert-OH is 3. The average Bonchev–Trinajstić information content (AvgIpc) is 2.82. The molecular weight excluding hydrogens is 520 g/mol. The predicted molar refractivity (Wildman–Crippen MR) is 102 cm³/mol. The molecule has 3 N–H and O–H groups in total. The molecule has 0 fully saturated rings. The highest BCUT2D eigenvalue weighted by Crippen LogP contribution is 2.23. The Kier molecular flexibility index (Phi) is 13.8. The Morgan fingerprint density at radius 2 is 1.22 bits per heavy atom. The van der Waals surface area contributed by atoms with Crippen molar-refractivity contribution in [1.82, 2.24) is 0 Å². The molecule has 0 saturated heterocycles. The molecule has 0 aromatic rings. The van der Waals surface area contributed by atoms with Crippen molar-refractivity contribution in [2.24, 2.45) is 0 Å². The number of hydrogen-bond donors (Lipinski definition) is 3. The molecule has 5 atom stereocenters. The Bertz CT molecular complexity index is 861. The van der Waals surface area contributed by atoms with Crippen LogP contribution in [0.4, 0.5) is 0 Å². The molecule has 0 amide bonds. The van der Waals surface area contributed by atoms with E-state index in [0.717, 1.165) is 20.8 Å². The Morgan fingerprint density at radius 3 is 1.70 bits per heavy atom. The fourth-order valence-electron chi connectivity index (χ4n) is 1.83. The third kappa shape index (κ3) is 10.8. The molecule has 0 rings (SSSR count). The molecule has 0 saturated carbocycles. The number of ether oxygens (including phenoxy) is 4. The second-order valence-electron chi connectivity index (χ2n) is 6.51. The summed E-state index contributed by atoms with van der Waals surface area (Å²) < 4.78 is 18.0. The van der Waals surface area contributed by atoms with Crippen molar-refractivity contribution < 1.29 is 92.2 Å². The van der Waals surface area contributed by atoms with Crippen molar-refractivity contribution in [3.63, 3.8) is 0 Å². The summed E-state index contributed by atoms with van der Waals surface area (Å²) in [5.41, 5.74) is 0. The minimum atomic E-state index is -3.33. The molecule has 0 aromatic carbocycles. The van der Waals surface area contributed by atoms with Gasteiger partial charge in [0.1, 0.15) is 18.3 Å². The molecule has 0 heterocycles. The molecule has 0 aliphatic carbocycles. The van der Waals surface area contributed by atoms with E-state index < -0.39 is 85.5 Å². The van der Waals surface area contributed by atoms with E-state index in [0.29, 0.717) is 0 Å². The van der Waals surface area contributed by atoms with Crippen LogP contribution in [-0.4, -0.2) is 94.5 Å². The summed E-state index contributed by atoms with van der Waals surface area (Å²) in [5.74, 6) is -13.1. The smallest absolute Gasteiger partial charge is 0.414 e. The third-order valence-electron chi connectivity index (χ3n) is 3.55. The van der Waals surface area contributed by atoms with Crippen molar-refractivity contribution in [2.75, 3.05) is 0 Å². The minimum absolute atomic E-state index is 0.354. The van der Waals surface area contributed by atoms with Gasteiger partial charge in [0.05, 0.1) is 12.8 Å². The van der Waals surface area contributed by atoms with Crippen LogP contribution in [0.25, 0.3) is 0 Å². The van der Waals surface area contributed by atoms with Crippen LogP contribution in [0, 0.1) is 0 Å². The number of aliphatic hydroxyl groups is 3. The maximum absolute atomic E-state index is 12.2. The Labute approximate surface area is 205 Å². The largest absolute Gasteiger partial charge is 0.442 e.